The number of aromatic nitrogens is 1. The van der Waals surface area contributed by atoms with E-state index in [9.17, 15) is 0 Å². The zero-order valence-electron chi connectivity index (χ0n) is 10.7. The van der Waals surface area contributed by atoms with Crippen LogP contribution in [-0.2, 0) is 6.42 Å². The zero-order valence-corrected chi connectivity index (χ0v) is 12.2. The van der Waals surface area contributed by atoms with Gasteiger partial charge in [0.05, 0.1) is 11.7 Å². The lowest BCUT2D eigenvalue weighted by Gasteiger charge is -2.17. The average molecular weight is 305 g/mol. The number of nitrogens with zero attached hydrogens (tertiary/aromatic N) is 1. The second-order valence-corrected chi connectivity index (χ2v) is 5.30. The SMILES string of the molecule is CNC(Cc1cccc(Br)c1)c1ncccc1C. The first kappa shape index (κ1) is 13.2. The van der Waals surface area contributed by atoms with Gasteiger partial charge in [-0.3, -0.25) is 4.98 Å². The molecule has 0 fully saturated rings. The molecular weight excluding hydrogens is 288 g/mol. The largest absolute Gasteiger partial charge is 0.311 e. The van der Waals surface area contributed by atoms with Crippen LogP contribution in [0.25, 0.3) is 0 Å². The molecule has 1 N–H and O–H groups in total. The summed E-state index contributed by atoms with van der Waals surface area (Å²) in [6, 6.07) is 12.7. The van der Waals surface area contributed by atoms with E-state index in [0.717, 1.165) is 16.6 Å². The third-order valence-corrected chi connectivity index (χ3v) is 3.55. The van der Waals surface area contributed by atoms with Crippen molar-refractivity contribution >= 4 is 15.9 Å². The molecule has 2 rings (SSSR count). The van der Waals surface area contributed by atoms with Crippen molar-refractivity contribution in [2.45, 2.75) is 19.4 Å². The number of rotatable bonds is 4. The van der Waals surface area contributed by atoms with Crippen LogP contribution in [0.4, 0.5) is 0 Å². The van der Waals surface area contributed by atoms with Gasteiger partial charge in [-0.15, -0.1) is 0 Å². The number of likely N-dealkylation sites (N-methyl/N-ethyl adjacent to an activating group) is 1. The molecule has 0 aliphatic rings. The molecule has 1 aromatic carbocycles. The fourth-order valence-corrected chi connectivity index (χ4v) is 2.54. The fraction of sp³-hybridized carbons (Fsp3) is 0.267. The maximum atomic E-state index is 4.49. The number of halogens is 1. The molecule has 2 aromatic rings. The third-order valence-electron chi connectivity index (χ3n) is 3.06. The minimum absolute atomic E-state index is 0.250. The number of aryl methyl sites for hydroxylation is 1. The minimum atomic E-state index is 0.250. The molecule has 0 aliphatic carbocycles. The van der Waals surface area contributed by atoms with E-state index >= 15 is 0 Å². The minimum Gasteiger partial charge on any atom is -0.311 e. The summed E-state index contributed by atoms with van der Waals surface area (Å²) in [5.74, 6) is 0. The first-order valence-electron chi connectivity index (χ1n) is 6.04. The Morgan fingerprint density at radius 1 is 1.28 bits per heavy atom. The Labute approximate surface area is 117 Å². The van der Waals surface area contributed by atoms with E-state index in [1.807, 2.05) is 25.4 Å². The van der Waals surface area contributed by atoms with Gasteiger partial charge in [0, 0.05) is 10.7 Å². The maximum Gasteiger partial charge on any atom is 0.0605 e. The fourth-order valence-electron chi connectivity index (χ4n) is 2.10. The van der Waals surface area contributed by atoms with E-state index < -0.39 is 0 Å². The van der Waals surface area contributed by atoms with Crippen LogP contribution in [0.15, 0.2) is 47.1 Å². The summed E-state index contributed by atoms with van der Waals surface area (Å²) >= 11 is 3.51. The van der Waals surface area contributed by atoms with Crippen LogP contribution >= 0.6 is 15.9 Å². The van der Waals surface area contributed by atoms with Gasteiger partial charge in [0.15, 0.2) is 0 Å². The molecule has 0 spiro atoms. The van der Waals surface area contributed by atoms with E-state index in [4.69, 9.17) is 0 Å². The predicted molar refractivity (Wildman–Crippen MR) is 78.6 cm³/mol. The van der Waals surface area contributed by atoms with Gasteiger partial charge in [0.1, 0.15) is 0 Å². The van der Waals surface area contributed by atoms with Crippen LogP contribution in [0, 0.1) is 6.92 Å². The van der Waals surface area contributed by atoms with Crippen LogP contribution < -0.4 is 5.32 Å². The van der Waals surface area contributed by atoms with Crippen LogP contribution in [0.1, 0.15) is 22.9 Å². The monoisotopic (exact) mass is 304 g/mol. The highest BCUT2D eigenvalue weighted by Crippen LogP contribution is 2.21. The number of benzene rings is 1. The van der Waals surface area contributed by atoms with Crippen molar-refractivity contribution in [1.29, 1.82) is 0 Å². The second-order valence-electron chi connectivity index (χ2n) is 4.38. The molecule has 3 heteroatoms. The summed E-state index contributed by atoms with van der Waals surface area (Å²) in [4.78, 5) is 4.49. The second kappa shape index (κ2) is 6.12. The third kappa shape index (κ3) is 3.18. The lowest BCUT2D eigenvalue weighted by atomic mass is 10.0. The predicted octanol–water partition coefficient (Wildman–Crippen LogP) is 3.66. The van der Waals surface area contributed by atoms with Gasteiger partial charge in [-0.05, 0) is 49.7 Å². The summed E-state index contributed by atoms with van der Waals surface area (Å²) < 4.78 is 1.12. The molecule has 18 heavy (non-hydrogen) atoms. The van der Waals surface area contributed by atoms with Gasteiger partial charge in [-0.1, -0.05) is 34.1 Å². The number of hydrogen-bond acceptors (Lipinski definition) is 2. The topological polar surface area (TPSA) is 24.9 Å². The molecule has 0 saturated heterocycles. The van der Waals surface area contributed by atoms with Crippen molar-refractivity contribution in [2.24, 2.45) is 0 Å². The zero-order chi connectivity index (χ0) is 13.0. The van der Waals surface area contributed by atoms with Gasteiger partial charge in [0.2, 0.25) is 0 Å². The molecule has 0 aliphatic heterocycles. The van der Waals surface area contributed by atoms with Crippen molar-refractivity contribution in [3.05, 3.63) is 63.9 Å². The van der Waals surface area contributed by atoms with Crippen LogP contribution in [-0.4, -0.2) is 12.0 Å². The lowest BCUT2D eigenvalue weighted by Crippen LogP contribution is -2.21. The van der Waals surface area contributed by atoms with Gasteiger partial charge in [-0.25, -0.2) is 0 Å². The molecule has 0 saturated carbocycles. The molecule has 0 amide bonds. The van der Waals surface area contributed by atoms with Gasteiger partial charge >= 0.3 is 0 Å². The standard InChI is InChI=1S/C15H17BrN2/c1-11-5-4-8-18-15(11)14(17-2)10-12-6-3-7-13(16)9-12/h3-9,14,17H,10H2,1-2H3. The summed E-state index contributed by atoms with van der Waals surface area (Å²) in [6.45, 7) is 2.10. The Hall–Kier alpha value is -1.19. The quantitative estimate of drug-likeness (QED) is 0.932. The van der Waals surface area contributed by atoms with Gasteiger partial charge in [0.25, 0.3) is 0 Å². The summed E-state index contributed by atoms with van der Waals surface area (Å²) in [7, 11) is 1.98. The Kier molecular flexibility index (Phi) is 4.50. The van der Waals surface area contributed by atoms with Crippen molar-refractivity contribution in [1.82, 2.24) is 10.3 Å². The average Bonchev–Trinajstić information content (AvgIpc) is 2.37. The molecule has 1 aromatic heterocycles. The van der Waals surface area contributed by atoms with Crippen LogP contribution in [0.3, 0.4) is 0 Å². The van der Waals surface area contributed by atoms with E-state index in [0.29, 0.717) is 0 Å². The smallest absolute Gasteiger partial charge is 0.0605 e. The summed E-state index contributed by atoms with van der Waals surface area (Å²) in [6.07, 6.45) is 2.79. The summed E-state index contributed by atoms with van der Waals surface area (Å²) in [5.41, 5.74) is 3.65. The Balaban J connectivity index is 2.23. The number of nitrogens with one attached hydrogen (secondary N) is 1. The molecule has 1 atom stereocenters. The highest BCUT2D eigenvalue weighted by molar-refractivity contribution is 9.10. The van der Waals surface area contributed by atoms with Gasteiger partial charge < -0.3 is 5.32 Å². The van der Waals surface area contributed by atoms with Crippen molar-refractivity contribution in [2.75, 3.05) is 7.05 Å². The lowest BCUT2D eigenvalue weighted by molar-refractivity contribution is 0.572. The first-order valence-corrected chi connectivity index (χ1v) is 6.83. The van der Waals surface area contributed by atoms with Crippen LogP contribution in [0.2, 0.25) is 0 Å². The molecule has 2 nitrogen and oxygen atoms in total. The first-order chi connectivity index (χ1) is 8.70. The molecule has 1 unspecified atom stereocenters. The van der Waals surface area contributed by atoms with Crippen molar-refractivity contribution in [3.63, 3.8) is 0 Å². The van der Waals surface area contributed by atoms with Crippen molar-refractivity contribution < 1.29 is 0 Å². The highest BCUT2D eigenvalue weighted by Gasteiger charge is 2.13. The van der Waals surface area contributed by atoms with E-state index in [-0.39, 0.29) is 6.04 Å². The van der Waals surface area contributed by atoms with E-state index in [2.05, 4.69) is 57.4 Å². The normalized spacial score (nSPS) is 12.4. The molecule has 0 bridgehead atoms. The maximum absolute atomic E-state index is 4.49. The number of pyridine rings is 1. The molecular formula is C15H17BrN2. The number of hydrogen-bond donors (Lipinski definition) is 1. The molecule has 0 radical (unpaired) electrons. The van der Waals surface area contributed by atoms with E-state index in [1.165, 1.54) is 11.1 Å². The molecule has 94 valence electrons. The van der Waals surface area contributed by atoms with E-state index in [1.54, 1.807) is 0 Å². The highest BCUT2D eigenvalue weighted by atomic mass is 79.9. The van der Waals surface area contributed by atoms with Crippen molar-refractivity contribution in [3.8, 4) is 0 Å². The Morgan fingerprint density at radius 3 is 2.78 bits per heavy atom. The Bertz CT molecular complexity index is 525. The van der Waals surface area contributed by atoms with Crippen LogP contribution in [0.5, 0.6) is 0 Å². The summed E-state index contributed by atoms with van der Waals surface area (Å²) in [5, 5.41) is 3.35. The Morgan fingerprint density at radius 2 is 2.11 bits per heavy atom. The molecule has 1 heterocycles. The van der Waals surface area contributed by atoms with Gasteiger partial charge in [-0.2, -0.15) is 0 Å².